The average Bonchev–Trinajstić information content (AvgIpc) is 3.13. The highest BCUT2D eigenvalue weighted by molar-refractivity contribution is 6.31. The Kier molecular flexibility index (Phi) is 5.54. The van der Waals surface area contributed by atoms with Crippen LogP contribution in [0.1, 0.15) is 31.4 Å². The number of carbonyl (C=O) groups is 1. The SMILES string of the molecule is N#Cc1nc(NC2CCN(CC(=O)N3CCCC3)CC2)ccc1Cl. The summed E-state index contributed by atoms with van der Waals surface area (Å²) in [6, 6.07) is 5.80. The maximum atomic E-state index is 12.2. The number of likely N-dealkylation sites (tertiary alicyclic amines) is 2. The number of nitrogens with zero attached hydrogens (tertiary/aromatic N) is 4. The van der Waals surface area contributed by atoms with E-state index in [1.807, 2.05) is 11.0 Å². The van der Waals surface area contributed by atoms with E-state index >= 15 is 0 Å². The summed E-state index contributed by atoms with van der Waals surface area (Å²) in [4.78, 5) is 20.6. The van der Waals surface area contributed by atoms with E-state index in [1.165, 1.54) is 0 Å². The van der Waals surface area contributed by atoms with Gasteiger partial charge in [-0.15, -0.1) is 0 Å². The Morgan fingerprint density at radius 1 is 1.29 bits per heavy atom. The van der Waals surface area contributed by atoms with Crippen LogP contribution in [0.4, 0.5) is 5.82 Å². The topological polar surface area (TPSA) is 72.3 Å². The molecule has 128 valence electrons. The molecule has 0 radical (unpaired) electrons. The van der Waals surface area contributed by atoms with Crippen molar-refractivity contribution in [2.75, 3.05) is 38.0 Å². The van der Waals surface area contributed by atoms with Crippen molar-refractivity contribution >= 4 is 23.3 Å². The Morgan fingerprint density at radius 3 is 2.67 bits per heavy atom. The van der Waals surface area contributed by atoms with Crippen molar-refractivity contribution < 1.29 is 4.79 Å². The predicted molar refractivity (Wildman–Crippen MR) is 92.9 cm³/mol. The third kappa shape index (κ3) is 4.16. The van der Waals surface area contributed by atoms with Crippen LogP contribution in [-0.4, -0.2) is 59.5 Å². The second-order valence-electron chi connectivity index (χ2n) is 6.42. The number of amides is 1. The van der Waals surface area contributed by atoms with E-state index in [0.29, 0.717) is 23.4 Å². The summed E-state index contributed by atoms with van der Waals surface area (Å²) in [6.45, 7) is 4.16. The Morgan fingerprint density at radius 2 is 2.00 bits per heavy atom. The van der Waals surface area contributed by atoms with E-state index < -0.39 is 0 Å². The molecule has 0 saturated carbocycles. The fourth-order valence-electron chi connectivity index (χ4n) is 3.30. The number of rotatable bonds is 4. The molecular weight excluding hydrogens is 326 g/mol. The van der Waals surface area contributed by atoms with Crippen LogP contribution in [0.3, 0.4) is 0 Å². The van der Waals surface area contributed by atoms with Crippen LogP contribution >= 0.6 is 11.6 Å². The van der Waals surface area contributed by atoms with E-state index in [-0.39, 0.29) is 11.6 Å². The number of anilines is 1. The van der Waals surface area contributed by atoms with E-state index in [2.05, 4.69) is 15.2 Å². The van der Waals surface area contributed by atoms with Crippen LogP contribution in [0.2, 0.25) is 5.02 Å². The van der Waals surface area contributed by atoms with Crippen molar-refractivity contribution in [3.05, 3.63) is 22.8 Å². The fourth-order valence-corrected chi connectivity index (χ4v) is 3.45. The van der Waals surface area contributed by atoms with Gasteiger partial charge >= 0.3 is 0 Å². The number of halogens is 1. The lowest BCUT2D eigenvalue weighted by atomic mass is 10.0. The van der Waals surface area contributed by atoms with Crippen LogP contribution in [0.15, 0.2) is 12.1 Å². The van der Waals surface area contributed by atoms with Gasteiger partial charge in [0.1, 0.15) is 11.9 Å². The molecule has 2 aliphatic heterocycles. The van der Waals surface area contributed by atoms with Crippen LogP contribution < -0.4 is 5.32 Å². The molecule has 0 unspecified atom stereocenters. The van der Waals surface area contributed by atoms with Gasteiger partial charge in [-0.3, -0.25) is 9.69 Å². The molecule has 3 rings (SSSR count). The van der Waals surface area contributed by atoms with Gasteiger partial charge in [0.25, 0.3) is 0 Å². The molecule has 1 amide bonds. The molecule has 1 N–H and O–H groups in total. The molecule has 24 heavy (non-hydrogen) atoms. The summed E-state index contributed by atoms with van der Waals surface area (Å²) >= 11 is 5.91. The summed E-state index contributed by atoms with van der Waals surface area (Å²) in [5.41, 5.74) is 0.246. The first kappa shape index (κ1) is 17.0. The van der Waals surface area contributed by atoms with Crippen molar-refractivity contribution in [3.63, 3.8) is 0 Å². The van der Waals surface area contributed by atoms with Gasteiger partial charge in [0.2, 0.25) is 5.91 Å². The average molecular weight is 348 g/mol. The number of nitrogens with one attached hydrogen (secondary N) is 1. The molecule has 1 aromatic rings. The van der Waals surface area contributed by atoms with Gasteiger partial charge in [0.15, 0.2) is 5.69 Å². The van der Waals surface area contributed by atoms with Crippen molar-refractivity contribution in [2.45, 2.75) is 31.7 Å². The maximum Gasteiger partial charge on any atom is 0.236 e. The molecule has 0 atom stereocenters. The second-order valence-corrected chi connectivity index (χ2v) is 6.83. The molecule has 3 heterocycles. The Bertz CT molecular complexity index is 630. The molecule has 7 heteroatoms. The summed E-state index contributed by atoms with van der Waals surface area (Å²) in [6.07, 6.45) is 4.19. The minimum atomic E-state index is 0.246. The monoisotopic (exact) mass is 347 g/mol. The van der Waals surface area contributed by atoms with Gasteiger partial charge in [-0.2, -0.15) is 5.26 Å². The Labute approximate surface area is 147 Å². The highest BCUT2D eigenvalue weighted by Gasteiger charge is 2.24. The zero-order valence-electron chi connectivity index (χ0n) is 13.7. The molecule has 0 aliphatic carbocycles. The lowest BCUT2D eigenvalue weighted by Crippen LogP contribution is -2.44. The first-order valence-electron chi connectivity index (χ1n) is 8.49. The number of aromatic nitrogens is 1. The maximum absolute atomic E-state index is 12.2. The molecule has 2 fully saturated rings. The van der Waals surface area contributed by atoms with E-state index in [4.69, 9.17) is 16.9 Å². The summed E-state index contributed by atoms with van der Waals surface area (Å²) in [5, 5.41) is 12.7. The zero-order valence-corrected chi connectivity index (χ0v) is 14.4. The molecule has 0 bridgehead atoms. The smallest absolute Gasteiger partial charge is 0.236 e. The summed E-state index contributed by atoms with van der Waals surface area (Å²) < 4.78 is 0. The van der Waals surface area contributed by atoms with Crippen LogP contribution in [-0.2, 0) is 4.79 Å². The number of hydrogen-bond donors (Lipinski definition) is 1. The first-order chi connectivity index (χ1) is 11.7. The number of nitriles is 1. The standard InChI is InChI=1S/C17H22ClN5O/c18-14-3-4-16(21-15(14)11-19)20-13-5-9-22(10-6-13)12-17(24)23-7-1-2-8-23/h3-4,13H,1-2,5-10,12H2,(H,20,21). The largest absolute Gasteiger partial charge is 0.367 e. The number of hydrogen-bond acceptors (Lipinski definition) is 5. The minimum absolute atomic E-state index is 0.246. The van der Waals surface area contributed by atoms with E-state index in [9.17, 15) is 4.79 Å². The van der Waals surface area contributed by atoms with Gasteiger partial charge in [0, 0.05) is 32.2 Å². The molecule has 2 saturated heterocycles. The van der Waals surface area contributed by atoms with Crippen LogP contribution in [0, 0.1) is 11.3 Å². The molecule has 2 aliphatic rings. The quantitative estimate of drug-likeness (QED) is 0.903. The van der Waals surface area contributed by atoms with Crippen molar-refractivity contribution in [3.8, 4) is 6.07 Å². The lowest BCUT2D eigenvalue weighted by molar-refractivity contribution is -0.131. The third-order valence-electron chi connectivity index (χ3n) is 4.71. The zero-order chi connectivity index (χ0) is 16.9. The van der Waals surface area contributed by atoms with E-state index in [1.54, 1.807) is 12.1 Å². The van der Waals surface area contributed by atoms with E-state index in [0.717, 1.165) is 51.9 Å². The lowest BCUT2D eigenvalue weighted by Gasteiger charge is -2.33. The van der Waals surface area contributed by atoms with Gasteiger partial charge in [0.05, 0.1) is 11.6 Å². The highest BCUT2D eigenvalue weighted by Crippen LogP contribution is 2.19. The van der Waals surface area contributed by atoms with Gasteiger partial charge in [-0.25, -0.2) is 4.98 Å². The van der Waals surface area contributed by atoms with Gasteiger partial charge < -0.3 is 10.2 Å². The number of carbonyl (C=O) groups excluding carboxylic acids is 1. The predicted octanol–water partition coefficient (Wildman–Crippen LogP) is 2.11. The van der Waals surface area contributed by atoms with Crippen molar-refractivity contribution in [1.29, 1.82) is 5.26 Å². The van der Waals surface area contributed by atoms with Crippen LogP contribution in [0.5, 0.6) is 0 Å². The number of pyridine rings is 1. The molecule has 0 aromatic carbocycles. The van der Waals surface area contributed by atoms with Crippen LogP contribution in [0.25, 0.3) is 0 Å². The van der Waals surface area contributed by atoms with Gasteiger partial charge in [-0.05, 0) is 37.8 Å². The summed E-state index contributed by atoms with van der Waals surface area (Å²) in [5.74, 6) is 0.944. The highest BCUT2D eigenvalue weighted by atomic mass is 35.5. The van der Waals surface area contributed by atoms with Crippen molar-refractivity contribution in [1.82, 2.24) is 14.8 Å². The second kappa shape index (κ2) is 7.82. The molecular formula is C17H22ClN5O. The third-order valence-corrected chi connectivity index (χ3v) is 5.01. The van der Waals surface area contributed by atoms with Gasteiger partial charge in [-0.1, -0.05) is 11.6 Å². The normalized spacial score (nSPS) is 19.2. The summed E-state index contributed by atoms with van der Waals surface area (Å²) in [7, 11) is 0. The molecule has 6 nitrogen and oxygen atoms in total. The van der Waals surface area contributed by atoms with Crippen molar-refractivity contribution in [2.24, 2.45) is 0 Å². The number of piperidine rings is 1. The molecule has 1 aromatic heterocycles. The first-order valence-corrected chi connectivity index (χ1v) is 8.87. The Hall–Kier alpha value is -1.84. The minimum Gasteiger partial charge on any atom is -0.367 e. The fraction of sp³-hybridized carbons (Fsp3) is 0.588. The molecule has 0 spiro atoms. The Balaban J connectivity index is 1.47.